The topological polar surface area (TPSA) is 55.6 Å². The molecule has 1 heterocycles. The van der Waals surface area contributed by atoms with E-state index in [0.717, 1.165) is 18.3 Å². The van der Waals surface area contributed by atoms with Crippen molar-refractivity contribution in [3.63, 3.8) is 0 Å². The van der Waals surface area contributed by atoms with Crippen molar-refractivity contribution >= 4 is 0 Å². The number of nitrogens with zero attached hydrogens (tertiary/aromatic N) is 4. The highest BCUT2D eigenvalue weighted by Crippen LogP contribution is 2.26. The van der Waals surface area contributed by atoms with Gasteiger partial charge in [0.05, 0.1) is 6.04 Å². The minimum Gasteiger partial charge on any atom is -0.311 e. The normalized spacial score (nSPS) is 19.4. The highest BCUT2D eigenvalue weighted by atomic mass is 15.5. The molecule has 5 heteroatoms. The van der Waals surface area contributed by atoms with Gasteiger partial charge in [-0.15, -0.1) is 5.10 Å². The van der Waals surface area contributed by atoms with Crippen LogP contribution in [0.3, 0.4) is 0 Å². The van der Waals surface area contributed by atoms with E-state index in [-0.39, 0.29) is 6.04 Å². The van der Waals surface area contributed by atoms with Gasteiger partial charge in [-0.3, -0.25) is 0 Å². The summed E-state index contributed by atoms with van der Waals surface area (Å²) in [7, 11) is 1.94. The molecule has 0 radical (unpaired) electrons. The Kier molecular flexibility index (Phi) is 4.48. The number of hydrogen-bond donors (Lipinski definition) is 1. The van der Waals surface area contributed by atoms with Crippen LogP contribution in [-0.2, 0) is 6.54 Å². The van der Waals surface area contributed by atoms with Crippen molar-refractivity contribution in [1.29, 1.82) is 0 Å². The predicted molar refractivity (Wildman–Crippen MR) is 66.5 cm³/mol. The molecule has 96 valence electrons. The van der Waals surface area contributed by atoms with E-state index in [2.05, 4.69) is 27.8 Å². The first-order valence-corrected chi connectivity index (χ1v) is 6.74. The fourth-order valence-corrected chi connectivity index (χ4v) is 2.59. The Morgan fingerprint density at radius 1 is 1.35 bits per heavy atom. The van der Waals surface area contributed by atoms with E-state index in [4.69, 9.17) is 0 Å². The molecule has 0 bridgehead atoms. The molecule has 1 atom stereocenters. The van der Waals surface area contributed by atoms with E-state index in [0.29, 0.717) is 0 Å². The first-order chi connectivity index (χ1) is 8.31. The number of rotatable bonds is 5. The zero-order valence-corrected chi connectivity index (χ0v) is 10.9. The summed E-state index contributed by atoms with van der Waals surface area (Å²) in [5.41, 5.74) is 0. The van der Waals surface area contributed by atoms with Gasteiger partial charge in [0, 0.05) is 6.54 Å². The molecule has 0 amide bonds. The number of tetrazole rings is 1. The van der Waals surface area contributed by atoms with Crippen LogP contribution in [0.15, 0.2) is 0 Å². The Morgan fingerprint density at radius 3 is 2.82 bits per heavy atom. The Hall–Kier alpha value is -0.970. The maximum Gasteiger partial charge on any atom is 0.167 e. The molecule has 1 saturated carbocycles. The molecular formula is C12H23N5. The molecule has 0 saturated heterocycles. The summed E-state index contributed by atoms with van der Waals surface area (Å²) in [6, 6.07) is 0.219. The highest BCUT2D eigenvalue weighted by molar-refractivity contribution is 4.88. The molecule has 1 aromatic rings. The van der Waals surface area contributed by atoms with Crippen molar-refractivity contribution in [2.75, 3.05) is 7.05 Å². The number of aromatic nitrogens is 4. The minimum absolute atomic E-state index is 0.219. The Balaban J connectivity index is 1.87. The third-order valence-corrected chi connectivity index (χ3v) is 3.85. The average molecular weight is 237 g/mol. The summed E-state index contributed by atoms with van der Waals surface area (Å²) >= 11 is 0. The zero-order chi connectivity index (χ0) is 12.1. The van der Waals surface area contributed by atoms with Crippen LogP contribution in [0.4, 0.5) is 0 Å². The van der Waals surface area contributed by atoms with Gasteiger partial charge in [-0.1, -0.05) is 32.1 Å². The lowest BCUT2D eigenvalue weighted by Gasteiger charge is -2.21. The van der Waals surface area contributed by atoms with Gasteiger partial charge in [-0.25, -0.2) is 4.68 Å². The molecule has 0 aromatic carbocycles. The van der Waals surface area contributed by atoms with Crippen LogP contribution >= 0.6 is 0 Å². The third-order valence-electron chi connectivity index (χ3n) is 3.85. The Morgan fingerprint density at radius 2 is 2.12 bits per heavy atom. The van der Waals surface area contributed by atoms with E-state index in [1.165, 1.54) is 38.5 Å². The van der Waals surface area contributed by atoms with E-state index in [9.17, 15) is 0 Å². The van der Waals surface area contributed by atoms with Crippen molar-refractivity contribution in [1.82, 2.24) is 25.5 Å². The molecule has 1 aromatic heterocycles. The summed E-state index contributed by atoms with van der Waals surface area (Å²) in [6.07, 6.45) is 8.22. The monoisotopic (exact) mass is 237 g/mol. The molecule has 0 spiro atoms. The standard InChI is InChI=1S/C12H23N5/c1-10(13-2)12-14-15-16-17(12)9-8-11-6-4-3-5-7-11/h10-11,13H,3-9H2,1-2H3. The Bertz CT molecular complexity index is 329. The van der Waals surface area contributed by atoms with Gasteiger partial charge in [0.15, 0.2) is 5.82 Å². The predicted octanol–water partition coefficient (Wildman–Crippen LogP) is 1.92. The first kappa shape index (κ1) is 12.5. The van der Waals surface area contributed by atoms with E-state index in [1.807, 2.05) is 11.7 Å². The van der Waals surface area contributed by atoms with Gasteiger partial charge in [-0.2, -0.15) is 0 Å². The van der Waals surface area contributed by atoms with Crippen LogP contribution in [0.2, 0.25) is 0 Å². The molecule has 1 N–H and O–H groups in total. The fraction of sp³-hybridized carbons (Fsp3) is 0.917. The van der Waals surface area contributed by atoms with Gasteiger partial charge < -0.3 is 5.32 Å². The van der Waals surface area contributed by atoms with Crippen molar-refractivity contribution in [3.05, 3.63) is 5.82 Å². The van der Waals surface area contributed by atoms with Crippen molar-refractivity contribution in [3.8, 4) is 0 Å². The highest BCUT2D eigenvalue weighted by Gasteiger charge is 2.16. The number of aryl methyl sites for hydroxylation is 1. The van der Waals surface area contributed by atoms with Gasteiger partial charge in [0.2, 0.25) is 0 Å². The van der Waals surface area contributed by atoms with Crippen molar-refractivity contribution in [2.24, 2.45) is 5.92 Å². The maximum absolute atomic E-state index is 4.09. The third kappa shape index (κ3) is 3.25. The largest absolute Gasteiger partial charge is 0.311 e. The molecule has 1 fully saturated rings. The van der Waals surface area contributed by atoms with Gasteiger partial charge >= 0.3 is 0 Å². The van der Waals surface area contributed by atoms with Gasteiger partial charge in [0.1, 0.15) is 0 Å². The van der Waals surface area contributed by atoms with Crippen molar-refractivity contribution in [2.45, 2.75) is 58.0 Å². The zero-order valence-electron chi connectivity index (χ0n) is 10.9. The lowest BCUT2D eigenvalue weighted by atomic mass is 9.87. The summed E-state index contributed by atoms with van der Waals surface area (Å²) in [6.45, 7) is 3.04. The summed E-state index contributed by atoms with van der Waals surface area (Å²) in [5.74, 6) is 1.83. The minimum atomic E-state index is 0.219. The average Bonchev–Trinajstić information content (AvgIpc) is 2.85. The molecule has 2 rings (SSSR count). The lowest BCUT2D eigenvalue weighted by Crippen LogP contribution is -2.20. The van der Waals surface area contributed by atoms with E-state index < -0.39 is 0 Å². The van der Waals surface area contributed by atoms with Crippen LogP contribution in [0.1, 0.15) is 57.3 Å². The summed E-state index contributed by atoms with van der Waals surface area (Å²) in [5, 5.41) is 15.1. The van der Waals surface area contributed by atoms with Gasteiger partial charge in [0.25, 0.3) is 0 Å². The second kappa shape index (κ2) is 6.10. The smallest absolute Gasteiger partial charge is 0.167 e. The van der Waals surface area contributed by atoms with E-state index >= 15 is 0 Å². The lowest BCUT2D eigenvalue weighted by molar-refractivity contribution is 0.314. The van der Waals surface area contributed by atoms with Gasteiger partial charge in [-0.05, 0) is 36.7 Å². The fourth-order valence-electron chi connectivity index (χ4n) is 2.59. The summed E-state index contributed by atoms with van der Waals surface area (Å²) in [4.78, 5) is 0. The molecule has 1 aliphatic rings. The molecule has 5 nitrogen and oxygen atoms in total. The number of hydrogen-bond acceptors (Lipinski definition) is 4. The summed E-state index contributed by atoms with van der Waals surface area (Å²) < 4.78 is 1.95. The molecular weight excluding hydrogens is 214 g/mol. The van der Waals surface area contributed by atoms with Crippen LogP contribution in [-0.4, -0.2) is 27.3 Å². The number of nitrogens with one attached hydrogen (secondary N) is 1. The van der Waals surface area contributed by atoms with E-state index in [1.54, 1.807) is 0 Å². The second-order valence-electron chi connectivity index (χ2n) is 5.06. The molecule has 0 aliphatic heterocycles. The quantitative estimate of drug-likeness (QED) is 0.850. The molecule has 17 heavy (non-hydrogen) atoms. The molecule has 1 unspecified atom stereocenters. The first-order valence-electron chi connectivity index (χ1n) is 6.74. The van der Waals surface area contributed by atoms with Crippen LogP contribution in [0.25, 0.3) is 0 Å². The van der Waals surface area contributed by atoms with Crippen LogP contribution in [0, 0.1) is 5.92 Å². The molecule has 1 aliphatic carbocycles. The van der Waals surface area contributed by atoms with Crippen molar-refractivity contribution < 1.29 is 0 Å². The van der Waals surface area contributed by atoms with Crippen LogP contribution < -0.4 is 5.32 Å². The Labute approximate surface area is 103 Å². The maximum atomic E-state index is 4.09. The SMILES string of the molecule is CNC(C)c1nnnn1CCC1CCCCC1. The second-order valence-corrected chi connectivity index (χ2v) is 5.06. The van der Waals surface area contributed by atoms with Crippen LogP contribution in [0.5, 0.6) is 0 Å².